The molecule has 0 bridgehead atoms. The third-order valence-corrected chi connectivity index (χ3v) is 12.3. The Hall–Kier alpha value is -3.65. The maximum absolute atomic E-state index is 14.0. The van der Waals surface area contributed by atoms with E-state index >= 15 is 0 Å². The van der Waals surface area contributed by atoms with E-state index in [9.17, 15) is 9.90 Å². The van der Waals surface area contributed by atoms with Crippen LogP contribution in [0.4, 0.5) is 0 Å². The molecule has 4 aliphatic heterocycles. The van der Waals surface area contributed by atoms with Crippen molar-refractivity contribution in [1.29, 1.82) is 0 Å². The monoisotopic (exact) mass is 633 g/mol. The lowest BCUT2D eigenvalue weighted by Gasteiger charge is -2.45. The Morgan fingerprint density at radius 3 is 2.55 bits per heavy atom. The Kier molecular flexibility index (Phi) is 8.11. The number of methoxy groups -OCH3 is 1. The highest BCUT2D eigenvalue weighted by Crippen LogP contribution is 2.48. The zero-order chi connectivity index (χ0) is 32.2. The van der Waals surface area contributed by atoms with Gasteiger partial charge >= 0.3 is 5.97 Å². The first-order chi connectivity index (χ1) is 23.0. The van der Waals surface area contributed by atoms with Crippen LogP contribution in [-0.4, -0.2) is 59.3 Å². The van der Waals surface area contributed by atoms with Crippen LogP contribution in [0.15, 0.2) is 66.4 Å². The average Bonchev–Trinajstić information content (AvgIpc) is 3.69. The summed E-state index contributed by atoms with van der Waals surface area (Å²) < 4.78 is 5.64. The number of carbonyl (C=O) groups excluding carboxylic acids is 1. The van der Waals surface area contributed by atoms with E-state index in [4.69, 9.17) is 4.74 Å². The Balaban J connectivity index is 1.18. The number of rotatable bonds is 7. The van der Waals surface area contributed by atoms with E-state index in [1.807, 2.05) is 0 Å². The molecule has 8 rings (SSSR count). The third-order valence-electron chi connectivity index (χ3n) is 12.3. The summed E-state index contributed by atoms with van der Waals surface area (Å²) in [6.07, 6.45) is 10.4. The van der Waals surface area contributed by atoms with Crippen LogP contribution in [0.5, 0.6) is 0 Å². The number of piperidine rings is 2. The predicted molar refractivity (Wildman–Crippen MR) is 187 cm³/mol. The van der Waals surface area contributed by atoms with Gasteiger partial charge < -0.3 is 24.7 Å². The molecule has 0 amide bonds. The number of aliphatic hydroxyl groups excluding tert-OH is 1. The van der Waals surface area contributed by atoms with E-state index in [0.717, 1.165) is 57.3 Å². The molecular formula is C40H49N4O3+. The summed E-state index contributed by atoms with van der Waals surface area (Å²) in [6.45, 7) is 7.65. The van der Waals surface area contributed by atoms with Crippen LogP contribution in [0.3, 0.4) is 0 Å². The van der Waals surface area contributed by atoms with Crippen molar-refractivity contribution in [3.63, 3.8) is 0 Å². The number of quaternary nitrogens is 1. The lowest BCUT2D eigenvalue weighted by atomic mass is 9.71. The number of hydrogen-bond acceptors (Lipinski definition) is 4. The minimum atomic E-state index is -0.277. The molecule has 2 aromatic carbocycles. The Morgan fingerprint density at radius 1 is 1.06 bits per heavy atom. The SMILES string of the molecule is CC=C1CN2CCc3c([nH]c4ccccc34)[C@@H]2C[C@@H]1[C@H](CC1=C[NH+]2C[C@H](CC)[C@@H](CCO)CC2c2[nH]c3ccccc3c21)C(=O)OC. The molecule has 246 valence electrons. The number of allylic oxidation sites excluding steroid dienone is 2. The summed E-state index contributed by atoms with van der Waals surface area (Å²) >= 11 is 0. The number of aromatic amines is 2. The lowest BCUT2D eigenvalue weighted by Crippen LogP contribution is -3.10. The topological polar surface area (TPSA) is 85.8 Å². The van der Waals surface area contributed by atoms with E-state index in [1.54, 1.807) is 7.11 Å². The quantitative estimate of drug-likeness (QED) is 0.146. The number of aliphatic hydroxyl groups is 1. The Bertz CT molecular complexity index is 1870. The highest BCUT2D eigenvalue weighted by atomic mass is 16.5. The number of esters is 1. The third kappa shape index (κ3) is 5.09. The van der Waals surface area contributed by atoms with Crippen LogP contribution in [0, 0.1) is 23.7 Å². The smallest absolute Gasteiger partial charge is 0.309 e. The fourth-order valence-electron chi connectivity index (χ4n) is 10.0. The average molecular weight is 634 g/mol. The Morgan fingerprint density at radius 2 is 1.81 bits per heavy atom. The van der Waals surface area contributed by atoms with Crippen LogP contribution in [0.1, 0.15) is 80.6 Å². The molecule has 2 aromatic heterocycles. The molecule has 2 fully saturated rings. The molecule has 0 spiro atoms. The van der Waals surface area contributed by atoms with Crippen LogP contribution in [0.25, 0.3) is 27.4 Å². The van der Waals surface area contributed by atoms with E-state index in [-0.39, 0.29) is 30.5 Å². The van der Waals surface area contributed by atoms with Crippen molar-refractivity contribution >= 4 is 33.3 Å². The molecule has 6 heterocycles. The summed E-state index contributed by atoms with van der Waals surface area (Å²) in [7, 11) is 1.56. The van der Waals surface area contributed by atoms with Gasteiger partial charge in [-0.25, -0.2) is 0 Å². The van der Waals surface area contributed by atoms with Crippen molar-refractivity contribution in [3.05, 3.63) is 88.9 Å². The number of hydrogen-bond donors (Lipinski definition) is 4. The summed E-state index contributed by atoms with van der Waals surface area (Å²) in [5.41, 5.74) is 10.4. The number of carbonyl (C=O) groups is 1. The van der Waals surface area contributed by atoms with Gasteiger partial charge in [-0.3, -0.25) is 9.69 Å². The number of ether oxygens (including phenoxy) is 1. The normalized spacial score (nSPS) is 28.8. The van der Waals surface area contributed by atoms with Crippen LogP contribution < -0.4 is 4.90 Å². The number of H-pyrrole nitrogens is 2. The molecule has 7 heteroatoms. The van der Waals surface area contributed by atoms with Gasteiger partial charge in [0.25, 0.3) is 0 Å². The fraction of sp³-hybridized carbons (Fsp3) is 0.475. The van der Waals surface area contributed by atoms with Gasteiger partial charge in [0.05, 0.1) is 37.5 Å². The van der Waals surface area contributed by atoms with Gasteiger partial charge in [0.1, 0.15) is 6.04 Å². The van der Waals surface area contributed by atoms with Gasteiger partial charge in [0.15, 0.2) is 0 Å². The number of aromatic nitrogens is 2. The van der Waals surface area contributed by atoms with Crippen molar-refractivity contribution < 1.29 is 19.5 Å². The van der Waals surface area contributed by atoms with Crippen LogP contribution in [0.2, 0.25) is 0 Å². The summed E-state index contributed by atoms with van der Waals surface area (Å²) in [5, 5.41) is 12.5. The van der Waals surface area contributed by atoms with Gasteiger partial charge in [-0.2, -0.15) is 0 Å². The molecule has 4 N–H and O–H groups in total. The zero-order valence-electron chi connectivity index (χ0n) is 28.0. The van der Waals surface area contributed by atoms with Crippen molar-refractivity contribution in [3.8, 4) is 0 Å². The summed E-state index contributed by atoms with van der Waals surface area (Å²) in [5.74, 6) is 0.794. The highest BCUT2D eigenvalue weighted by Gasteiger charge is 2.46. The highest BCUT2D eigenvalue weighted by molar-refractivity contribution is 5.95. The minimum absolute atomic E-state index is 0.0898. The summed E-state index contributed by atoms with van der Waals surface area (Å²) in [6, 6.07) is 17.9. The molecule has 4 aliphatic rings. The maximum atomic E-state index is 14.0. The zero-order valence-corrected chi connectivity index (χ0v) is 28.0. The number of nitrogens with one attached hydrogen (secondary N) is 3. The van der Waals surface area contributed by atoms with E-state index in [0.29, 0.717) is 24.3 Å². The van der Waals surface area contributed by atoms with Crippen molar-refractivity contribution in [1.82, 2.24) is 14.9 Å². The van der Waals surface area contributed by atoms with Crippen molar-refractivity contribution in [2.45, 2.75) is 64.5 Å². The minimum Gasteiger partial charge on any atom is -0.469 e. The molecular weight excluding hydrogens is 584 g/mol. The standard InChI is InChI=1S/C40H48N4O3/c1-4-24-21-44-23-27(37-30-11-7-9-13-34(30)42-39(37)35(44)19-26(24)15-17-45)18-32(40(46)47-3)31-20-36-38-29(14-16-43(36)22-25(31)5-2)28-10-6-8-12-33(28)41-38/h5-13,23-24,26,31-32,35-36,41-42,45H,4,14-22H2,1-3H3/p+1/t24-,26-,31-,32-,35?,36-/m0/s1. The molecule has 7 atom stereocenters. The van der Waals surface area contributed by atoms with Crippen molar-refractivity contribution in [2.24, 2.45) is 23.7 Å². The van der Waals surface area contributed by atoms with Gasteiger partial charge in [-0.1, -0.05) is 55.0 Å². The lowest BCUT2D eigenvalue weighted by molar-refractivity contribution is -0.893. The molecule has 2 unspecified atom stereocenters. The number of fused-ring (bicyclic) bond motifs is 10. The second kappa shape index (κ2) is 12.4. The fourth-order valence-corrected chi connectivity index (χ4v) is 10.0. The molecule has 2 saturated heterocycles. The summed E-state index contributed by atoms with van der Waals surface area (Å²) in [4.78, 5) is 25.7. The van der Waals surface area contributed by atoms with E-state index in [2.05, 4.69) is 89.5 Å². The maximum Gasteiger partial charge on any atom is 0.309 e. The van der Waals surface area contributed by atoms with Gasteiger partial charge in [0.2, 0.25) is 0 Å². The molecule has 7 nitrogen and oxygen atoms in total. The number of benzene rings is 2. The first-order valence-corrected chi connectivity index (χ1v) is 17.9. The first kappa shape index (κ1) is 30.7. The molecule has 4 aromatic rings. The van der Waals surface area contributed by atoms with Crippen LogP contribution in [-0.2, 0) is 16.0 Å². The second-order valence-electron chi connectivity index (χ2n) is 14.5. The molecule has 0 radical (unpaired) electrons. The van der Waals surface area contributed by atoms with Gasteiger partial charge in [0, 0.05) is 70.7 Å². The molecule has 47 heavy (non-hydrogen) atoms. The molecule has 0 aliphatic carbocycles. The van der Waals surface area contributed by atoms with E-state index in [1.165, 1.54) is 54.9 Å². The molecule has 0 saturated carbocycles. The first-order valence-electron chi connectivity index (χ1n) is 17.9. The predicted octanol–water partition coefficient (Wildman–Crippen LogP) is 6.10. The van der Waals surface area contributed by atoms with Crippen LogP contribution >= 0.6 is 0 Å². The second-order valence-corrected chi connectivity index (χ2v) is 14.5. The largest absolute Gasteiger partial charge is 0.469 e. The van der Waals surface area contributed by atoms with E-state index < -0.39 is 0 Å². The Labute approximate surface area is 277 Å². The number of nitrogens with zero attached hydrogens (tertiary/aromatic N) is 1. The number of para-hydroxylation sites is 2. The van der Waals surface area contributed by atoms with Gasteiger partial charge in [-0.05, 0) is 68.6 Å². The van der Waals surface area contributed by atoms with Gasteiger partial charge in [-0.15, -0.1) is 0 Å². The van der Waals surface area contributed by atoms with Crippen molar-refractivity contribution in [2.75, 3.05) is 33.4 Å².